The number of aryl methyl sites for hydroxylation is 1. The summed E-state index contributed by atoms with van der Waals surface area (Å²) < 4.78 is 13.6. The van der Waals surface area contributed by atoms with Gasteiger partial charge >= 0.3 is 5.97 Å². The molecule has 0 saturated heterocycles. The van der Waals surface area contributed by atoms with Crippen molar-refractivity contribution in [2.45, 2.75) is 39.2 Å². The van der Waals surface area contributed by atoms with E-state index < -0.39 is 11.8 Å². The molecular formula is C11H16FN3O2. The molecule has 2 N–H and O–H groups in total. The SMILES string of the molecule is CCCC(CC(=O)O)Nc1ncnc(C)c1F. The Labute approximate surface area is 99.1 Å². The molecule has 0 amide bonds. The van der Waals surface area contributed by atoms with E-state index in [-0.39, 0.29) is 24.0 Å². The van der Waals surface area contributed by atoms with Gasteiger partial charge in [0.05, 0.1) is 12.1 Å². The molecule has 1 aromatic rings. The first-order valence-electron chi connectivity index (χ1n) is 5.50. The fraction of sp³-hybridized carbons (Fsp3) is 0.545. The number of anilines is 1. The van der Waals surface area contributed by atoms with E-state index in [1.807, 2.05) is 6.92 Å². The number of carboxylic acid groups (broad SMARTS) is 1. The molecule has 5 nitrogen and oxygen atoms in total. The van der Waals surface area contributed by atoms with Crippen LogP contribution < -0.4 is 5.32 Å². The Bertz CT molecular complexity index is 398. The molecule has 6 heteroatoms. The number of rotatable bonds is 6. The first kappa shape index (κ1) is 13.3. The van der Waals surface area contributed by atoms with Crippen molar-refractivity contribution in [2.75, 3.05) is 5.32 Å². The largest absolute Gasteiger partial charge is 0.481 e. The van der Waals surface area contributed by atoms with Crippen LogP contribution in [0.2, 0.25) is 0 Å². The molecule has 0 aliphatic carbocycles. The number of aromatic nitrogens is 2. The standard InChI is InChI=1S/C11H16FN3O2/c1-3-4-8(5-9(16)17)15-11-10(12)7(2)13-6-14-11/h6,8H,3-5H2,1-2H3,(H,16,17)(H,13,14,15). The molecule has 0 aromatic carbocycles. The van der Waals surface area contributed by atoms with Crippen LogP contribution >= 0.6 is 0 Å². The van der Waals surface area contributed by atoms with Gasteiger partial charge in [-0.25, -0.2) is 14.4 Å². The maximum Gasteiger partial charge on any atom is 0.305 e. The maximum atomic E-state index is 13.6. The summed E-state index contributed by atoms with van der Waals surface area (Å²) in [6.07, 6.45) is 2.66. The van der Waals surface area contributed by atoms with Crippen molar-refractivity contribution in [1.29, 1.82) is 0 Å². The van der Waals surface area contributed by atoms with Gasteiger partial charge in [-0.2, -0.15) is 0 Å². The van der Waals surface area contributed by atoms with E-state index in [0.717, 1.165) is 6.42 Å². The van der Waals surface area contributed by atoms with Gasteiger partial charge < -0.3 is 10.4 Å². The van der Waals surface area contributed by atoms with E-state index in [4.69, 9.17) is 5.11 Å². The zero-order chi connectivity index (χ0) is 12.8. The molecule has 0 fully saturated rings. The van der Waals surface area contributed by atoms with Gasteiger partial charge in [-0.15, -0.1) is 0 Å². The third-order valence-corrected chi connectivity index (χ3v) is 2.36. The third-order valence-electron chi connectivity index (χ3n) is 2.36. The van der Waals surface area contributed by atoms with Gasteiger partial charge in [0.1, 0.15) is 6.33 Å². The molecule has 1 heterocycles. The molecule has 0 bridgehead atoms. The van der Waals surface area contributed by atoms with Gasteiger partial charge in [-0.05, 0) is 13.3 Å². The zero-order valence-electron chi connectivity index (χ0n) is 9.90. The highest BCUT2D eigenvalue weighted by Gasteiger charge is 2.15. The number of aliphatic carboxylic acids is 1. The monoisotopic (exact) mass is 241 g/mol. The summed E-state index contributed by atoms with van der Waals surface area (Å²) in [5.41, 5.74) is 0.244. The highest BCUT2D eigenvalue weighted by atomic mass is 19.1. The Hall–Kier alpha value is -1.72. The summed E-state index contributed by atoms with van der Waals surface area (Å²) in [5.74, 6) is -1.38. The van der Waals surface area contributed by atoms with Crippen LogP contribution in [0.5, 0.6) is 0 Å². The van der Waals surface area contributed by atoms with Crippen molar-refractivity contribution in [2.24, 2.45) is 0 Å². The number of hydrogen-bond acceptors (Lipinski definition) is 4. The maximum absolute atomic E-state index is 13.6. The Morgan fingerprint density at radius 2 is 2.29 bits per heavy atom. The molecule has 1 rings (SSSR count). The van der Waals surface area contributed by atoms with Crippen molar-refractivity contribution in [3.05, 3.63) is 17.8 Å². The fourth-order valence-corrected chi connectivity index (χ4v) is 1.54. The molecule has 17 heavy (non-hydrogen) atoms. The lowest BCUT2D eigenvalue weighted by Crippen LogP contribution is -2.24. The van der Waals surface area contributed by atoms with Crippen LogP contribution in [0.1, 0.15) is 31.9 Å². The summed E-state index contributed by atoms with van der Waals surface area (Å²) in [5, 5.41) is 11.6. The minimum Gasteiger partial charge on any atom is -0.481 e. The molecule has 1 atom stereocenters. The van der Waals surface area contributed by atoms with Crippen molar-refractivity contribution >= 4 is 11.8 Å². The topological polar surface area (TPSA) is 75.1 Å². The highest BCUT2D eigenvalue weighted by molar-refractivity contribution is 5.68. The molecule has 94 valence electrons. The van der Waals surface area contributed by atoms with Crippen LogP contribution in [-0.4, -0.2) is 27.1 Å². The van der Waals surface area contributed by atoms with E-state index in [1.165, 1.54) is 13.3 Å². The predicted molar refractivity (Wildman–Crippen MR) is 61.3 cm³/mol. The quantitative estimate of drug-likeness (QED) is 0.796. The molecule has 0 aliphatic rings. The van der Waals surface area contributed by atoms with E-state index in [9.17, 15) is 9.18 Å². The number of nitrogens with zero attached hydrogens (tertiary/aromatic N) is 2. The zero-order valence-corrected chi connectivity index (χ0v) is 9.90. The van der Waals surface area contributed by atoms with Gasteiger partial charge in [-0.1, -0.05) is 13.3 Å². The molecule has 1 unspecified atom stereocenters. The number of carboxylic acids is 1. The second-order valence-electron chi connectivity index (χ2n) is 3.85. The predicted octanol–water partition coefficient (Wildman–Crippen LogP) is 1.98. The average molecular weight is 241 g/mol. The number of nitrogens with one attached hydrogen (secondary N) is 1. The summed E-state index contributed by atoms with van der Waals surface area (Å²) in [7, 11) is 0. The van der Waals surface area contributed by atoms with Crippen LogP contribution in [0.4, 0.5) is 10.2 Å². The molecule has 0 radical (unpaired) electrons. The van der Waals surface area contributed by atoms with Crippen LogP contribution in [0.25, 0.3) is 0 Å². The van der Waals surface area contributed by atoms with E-state index in [0.29, 0.717) is 6.42 Å². The fourth-order valence-electron chi connectivity index (χ4n) is 1.54. The smallest absolute Gasteiger partial charge is 0.305 e. The number of hydrogen-bond donors (Lipinski definition) is 2. The molecular weight excluding hydrogens is 225 g/mol. The first-order valence-corrected chi connectivity index (χ1v) is 5.50. The molecule has 0 spiro atoms. The molecule has 0 aliphatic heterocycles. The summed E-state index contributed by atoms with van der Waals surface area (Å²) >= 11 is 0. The molecule has 1 aromatic heterocycles. The number of carbonyl (C=O) groups is 1. The van der Waals surface area contributed by atoms with Crippen molar-refractivity contribution in [1.82, 2.24) is 9.97 Å². The third kappa shape index (κ3) is 3.97. The lowest BCUT2D eigenvalue weighted by molar-refractivity contribution is -0.137. The Balaban J connectivity index is 2.78. The Morgan fingerprint density at radius 1 is 1.59 bits per heavy atom. The Kier molecular flexibility index (Phi) is 4.81. The van der Waals surface area contributed by atoms with Gasteiger partial charge in [0.2, 0.25) is 0 Å². The van der Waals surface area contributed by atoms with Crippen LogP contribution in [0.15, 0.2) is 6.33 Å². The van der Waals surface area contributed by atoms with Gasteiger partial charge in [0.15, 0.2) is 11.6 Å². The van der Waals surface area contributed by atoms with Crippen LogP contribution in [-0.2, 0) is 4.79 Å². The van der Waals surface area contributed by atoms with E-state index in [2.05, 4.69) is 15.3 Å². The van der Waals surface area contributed by atoms with Crippen molar-refractivity contribution < 1.29 is 14.3 Å². The average Bonchev–Trinajstić information content (AvgIpc) is 2.24. The van der Waals surface area contributed by atoms with Crippen molar-refractivity contribution in [3.63, 3.8) is 0 Å². The van der Waals surface area contributed by atoms with Crippen LogP contribution in [0.3, 0.4) is 0 Å². The minimum atomic E-state index is -0.915. The second kappa shape index (κ2) is 6.12. The normalized spacial score (nSPS) is 12.2. The molecule has 0 saturated carbocycles. The Morgan fingerprint density at radius 3 is 2.88 bits per heavy atom. The van der Waals surface area contributed by atoms with E-state index >= 15 is 0 Å². The lowest BCUT2D eigenvalue weighted by Gasteiger charge is -2.17. The summed E-state index contributed by atoms with van der Waals surface area (Å²) in [6.45, 7) is 3.48. The number of halogens is 1. The summed E-state index contributed by atoms with van der Waals surface area (Å²) in [4.78, 5) is 18.1. The lowest BCUT2D eigenvalue weighted by atomic mass is 10.1. The van der Waals surface area contributed by atoms with Crippen molar-refractivity contribution in [3.8, 4) is 0 Å². The van der Waals surface area contributed by atoms with E-state index in [1.54, 1.807) is 0 Å². The van der Waals surface area contributed by atoms with Gasteiger partial charge in [-0.3, -0.25) is 4.79 Å². The van der Waals surface area contributed by atoms with Gasteiger partial charge in [0, 0.05) is 6.04 Å². The first-order chi connectivity index (χ1) is 8.04. The van der Waals surface area contributed by atoms with Crippen LogP contribution in [0, 0.1) is 12.7 Å². The highest BCUT2D eigenvalue weighted by Crippen LogP contribution is 2.15. The summed E-state index contributed by atoms with van der Waals surface area (Å²) in [6, 6.07) is -0.318. The van der Waals surface area contributed by atoms with Gasteiger partial charge in [0.25, 0.3) is 0 Å². The minimum absolute atomic E-state index is 0.0592. The second-order valence-corrected chi connectivity index (χ2v) is 3.85.